The summed E-state index contributed by atoms with van der Waals surface area (Å²) < 4.78 is 0. The molecular formula is C18H24N6O2. The van der Waals surface area contributed by atoms with Crippen molar-refractivity contribution >= 4 is 23.2 Å². The molecule has 1 aromatic carbocycles. The third-order valence-electron chi connectivity index (χ3n) is 4.23. The van der Waals surface area contributed by atoms with E-state index in [9.17, 15) is 9.59 Å². The van der Waals surface area contributed by atoms with E-state index in [-0.39, 0.29) is 11.8 Å². The second-order valence-electron chi connectivity index (χ2n) is 6.59. The number of amides is 2. The maximum absolute atomic E-state index is 12.5. The molecule has 26 heavy (non-hydrogen) atoms. The normalized spacial score (nSPS) is 13.3. The Labute approximate surface area is 152 Å². The summed E-state index contributed by atoms with van der Waals surface area (Å²) in [5.74, 6) is -0.278. The van der Waals surface area contributed by atoms with Crippen molar-refractivity contribution in [1.82, 2.24) is 20.4 Å². The first-order valence-corrected chi connectivity index (χ1v) is 8.66. The summed E-state index contributed by atoms with van der Waals surface area (Å²) in [5, 5.41) is 16.0. The molecule has 0 spiro atoms. The van der Waals surface area contributed by atoms with Crippen molar-refractivity contribution < 1.29 is 9.59 Å². The molecule has 8 heteroatoms. The van der Waals surface area contributed by atoms with Crippen molar-refractivity contribution in [3.63, 3.8) is 0 Å². The van der Waals surface area contributed by atoms with Gasteiger partial charge in [0, 0.05) is 55.1 Å². The minimum atomic E-state index is -0.242. The number of hydrogen-bond acceptors (Lipinski definition) is 5. The highest BCUT2D eigenvalue weighted by molar-refractivity contribution is 6.04. The highest BCUT2D eigenvalue weighted by atomic mass is 16.2. The van der Waals surface area contributed by atoms with Gasteiger partial charge in [-0.2, -0.15) is 5.10 Å². The van der Waals surface area contributed by atoms with E-state index in [1.54, 1.807) is 24.3 Å². The Morgan fingerprint density at radius 1 is 1.15 bits per heavy atom. The number of fused-ring (bicyclic) bond motifs is 1. The third kappa shape index (κ3) is 4.47. The SMILES string of the molecule is CN(C)CCC(=O)Nc1ccc(NC(=O)c2n[nH]c3c2CNCC3)cc1. The maximum Gasteiger partial charge on any atom is 0.276 e. The minimum absolute atomic E-state index is 0.0360. The van der Waals surface area contributed by atoms with Crippen LogP contribution < -0.4 is 16.0 Å². The third-order valence-corrected chi connectivity index (χ3v) is 4.23. The number of nitrogens with zero attached hydrogens (tertiary/aromatic N) is 2. The van der Waals surface area contributed by atoms with Crippen LogP contribution in [0.25, 0.3) is 0 Å². The number of carbonyl (C=O) groups is 2. The number of carbonyl (C=O) groups excluding carboxylic acids is 2. The summed E-state index contributed by atoms with van der Waals surface area (Å²) in [4.78, 5) is 26.3. The van der Waals surface area contributed by atoms with E-state index in [1.807, 2.05) is 19.0 Å². The second-order valence-corrected chi connectivity index (χ2v) is 6.59. The van der Waals surface area contributed by atoms with Gasteiger partial charge in [-0.1, -0.05) is 0 Å². The molecule has 3 rings (SSSR count). The molecule has 1 aromatic heterocycles. The molecule has 8 nitrogen and oxygen atoms in total. The number of nitrogens with one attached hydrogen (secondary N) is 4. The molecule has 0 saturated heterocycles. The van der Waals surface area contributed by atoms with E-state index in [4.69, 9.17) is 0 Å². The van der Waals surface area contributed by atoms with Gasteiger partial charge >= 0.3 is 0 Å². The van der Waals surface area contributed by atoms with Crippen LogP contribution in [0.15, 0.2) is 24.3 Å². The summed E-state index contributed by atoms with van der Waals surface area (Å²) in [5.41, 5.74) is 3.73. The Morgan fingerprint density at radius 3 is 2.54 bits per heavy atom. The lowest BCUT2D eigenvalue weighted by Crippen LogP contribution is -2.25. The van der Waals surface area contributed by atoms with Crippen LogP contribution in [0.3, 0.4) is 0 Å². The maximum atomic E-state index is 12.5. The van der Waals surface area contributed by atoms with Gasteiger partial charge in [-0.15, -0.1) is 0 Å². The fourth-order valence-corrected chi connectivity index (χ4v) is 2.79. The van der Waals surface area contributed by atoms with Gasteiger partial charge in [0.1, 0.15) is 0 Å². The van der Waals surface area contributed by atoms with E-state index in [2.05, 4.69) is 26.1 Å². The summed E-state index contributed by atoms with van der Waals surface area (Å²) in [7, 11) is 3.86. The molecule has 0 atom stereocenters. The Bertz CT molecular complexity index is 781. The van der Waals surface area contributed by atoms with Crippen LogP contribution >= 0.6 is 0 Å². The van der Waals surface area contributed by atoms with Crippen molar-refractivity contribution in [3.05, 3.63) is 41.2 Å². The summed E-state index contributed by atoms with van der Waals surface area (Å²) in [6.45, 7) is 2.23. The number of rotatable bonds is 6. The predicted octanol–water partition coefficient (Wildman–Crippen LogP) is 1.20. The van der Waals surface area contributed by atoms with Crippen molar-refractivity contribution in [2.24, 2.45) is 0 Å². The van der Waals surface area contributed by atoms with Crippen LogP contribution in [0, 0.1) is 0 Å². The molecule has 0 radical (unpaired) electrons. The Kier molecular flexibility index (Phi) is 5.65. The molecule has 0 bridgehead atoms. The molecule has 2 heterocycles. The Hall–Kier alpha value is -2.71. The van der Waals surface area contributed by atoms with Crippen LogP contribution in [-0.2, 0) is 17.8 Å². The van der Waals surface area contributed by atoms with Crippen LogP contribution in [0.2, 0.25) is 0 Å². The second kappa shape index (κ2) is 8.11. The van der Waals surface area contributed by atoms with Crippen LogP contribution in [0.4, 0.5) is 11.4 Å². The average Bonchev–Trinajstić information content (AvgIpc) is 3.06. The first kappa shape index (κ1) is 18.1. The molecule has 0 saturated carbocycles. The smallest absolute Gasteiger partial charge is 0.276 e. The molecule has 0 aliphatic carbocycles. The van der Waals surface area contributed by atoms with Gasteiger partial charge in [0.25, 0.3) is 5.91 Å². The van der Waals surface area contributed by atoms with Gasteiger partial charge in [0.05, 0.1) is 0 Å². The fraction of sp³-hybridized carbons (Fsp3) is 0.389. The van der Waals surface area contributed by atoms with E-state index < -0.39 is 0 Å². The zero-order chi connectivity index (χ0) is 18.5. The molecule has 1 aliphatic heterocycles. The highest BCUT2D eigenvalue weighted by Crippen LogP contribution is 2.18. The number of hydrogen-bond donors (Lipinski definition) is 4. The fourth-order valence-electron chi connectivity index (χ4n) is 2.79. The summed E-state index contributed by atoms with van der Waals surface area (Å²) >= 11 is 0. The quantitative estimate of drug-likeness (QED) is 0.623. The summed E-state index contributed by atoms with van der Waals surface area (Å²) in [6, 6.07) is 7.06. The molecule has 1 aliphatic rings. The first-order chi connectivity index (χ1) is 12.5. The Balaban J connectivity index is 1.58. The zero-order valence-electron chi connectivity index (χ0n) is 15.1. The van der Waals surface area contributed by atoms with Gasteiger partial charge in [-0.3, -0.25) is 14.7 Å². The predicted molar refractivity (Wildman–Crippen MR) is 100 cm³/mol. The van der Waals surface area contributed by atoms with Gasteiger partial charge in [-0.25, -0.2) is 0 Å². The molecule has 4 N–H and O–H groups in total. The lowest BCUT2D eigenvalue weighted by molar-refractivity contribution is -0.116. The standard InChI is InChI=1S/C18H24N6O2/c1-24(2)10-8-16(25)20-12-3-5-13(6-4-12)21-18(26)17-14-11-19-9-7-15(14)22-23-17/h3-6,19H,7-11H2,1-2H3,(H,20,25)(H,21,26)(H,22,23). The van der Waals surface area contributed by atoms with Gasteiger partial charge in [0.15, 0.2) is 5.69 Å². The van der Waals surface area contributed by atoms with E-state index in [1.165, 1.54) is 0 Å². The number of aromatic amines is 1. The molecule has 0 unspecified atom stereocenters. The molecular weight excluding hydrogens is 332 g/mol. The van der Waals surface area contributed by atoms with Gasteiger partial charge < -0.3 is 20.9 Å². The largest absolute Gasteiger partial charge is 0.326 e. The molecule has 0 fully saturated rings. The van der Waals surface area contributed by atoms with Crippen molar-refractivity contribution in [2.75, 3.05) is 37.8 Å². The number of anilines is 2. The van der Waals surface area contributed by atoms with Crippen molar-refractivity contribution in [2.45, 2.75) is 19.4 Å². The summed E-state index contributed by atoms with van der Waals surface area (Å²) in [6.07, 6.45) is 1.28. The molecule has 2 amide bonds. The molecule has 138 valence electrons. The van der Waals surface area contributed by atoms with Crippen LogP contribution in [0.5, 0.6) is 0 Å². The first-order valence-electron chi connectivity index (χ1n) is 8.66. The van der Waals surface area contributed by atoms with E-state index in [0.29, 0.717) is 36.6 Å². The van der Waals surface area contributed by atoms with Crippen molar-refractivity contribution in [1.29, 1.82) is 0 Å². The van der Waals surface area contributed by atoms with E-state index in [0.717, 1.165) is 24.2 Å². The topological polar surface area (TPSA) is 102 Å². The average molecular weight is 356 g/mol. The molecule has 2 aromatic rings. The van der Waals surface area contributed by atoms with E-state index >= 15 is 0 Å². The van der Waals surface area contributed by atoms with Gasteiger partial charge in [-0.05, 0) is 38.4 Å². The van der Waals surface area contributed by atoms with Crippen molar-refractivity contribution in [3.8, 4) is 0 Å². The Morgan fingerprint density at radius 2 is 1.85 bits per heavy atom. The number of aromatic nitrogens is 2. The monoisotopic (exact) mass is 356 g/mol. The van der Waals surface area contributed by atoms with Gasteiger partial charge in [0.2, 0.25) is 5.91 Å². The van der Waals surface area contributed by atoms with Crippen LogP contribution in [0.1, 0.15) is 28.2 Å². The number of benzene rings is 1. The lowest BCUT2D eigenvalue weighted by Gasteiger charge is -2.13. The number of H-pyrrole nitrogens is 1. The lowest BCUT2D eigenvalue weighted by atomic mass is 10.1. The van der Waals surface area contributed by atoms with Crippen LogP contribution in [-0.4, -0.2) is 54.1 Å². The highest BCUT2D eigenvalue weighted by Gasteiger charge is 2.21. The zero-order valence-corrected chi connectivity index (χ0v) is 15.1. The minimum Gasteiger partial charge on any atom is -0.326 e.